The van der Waals surface area contributed by atoms with Gasteiger partial charge in [-0.05, 0) is 37.8 Å². The molecular weight excluding hydrogens is 372 g/mol. The Balaban J connectivity index is 2.77. The van der Waals surface area contributed by atoms with Crippen LogP contribution in [0, 0.1) is 5.82 Å². The number of carbonyl (C=O) groups is 1. The summed E-state index contributed by atoms with van der Waals surface area (Å²) in [5.41, 5.74) is -2.30. The Kier molecular flexibility index (Phi) is 11.2. The summed E-state index contributed by atoms with van der Waals surface area (Å²) in [6, 6.07) is 2.51. The molecule has 6 heteroatoms. The molecule has 0 saturated heterocycles. The number of carbonyl (C=O) groups excluding carboxylic acids is 1. The molecule has 1 unspecified atom stereocenters. The molecule has 2 nitrogen and oxygen atoms in total. The van der Waals surface area contributed by atoms with Crippen molar-refractivity contribution >= 4 is 5.97 Å². The van der Waals surface area contributed by atoms with Crippen LogP contribution in [0.3, 0.4) is 0 Å². The van der Waals surface area contributed by atoms with Crippen molar-refractivity contribution in [2.75, 3.05) is 0 Å². The standard InChI is InChI=1S/C22H32F4O2/c1-3-5-7-8-9-11-14-17(13-10-6-4-2)28-21(27)20-18(22(24,25)26)15-12-16-19(20)23/h12,15-17H,3-11,13-14H2,1-2H3. The van der Waals surface area contributed by atoms with Gasteiger partial charge >= 0.3 is 12.1 Å². The number of halogens is 4. The van der Waals surface area contributed by atoms with Crippen LogP contribution in [-0.2, 0) is 10.9 Å². The van der Waals surface area contributed by atoms with Crippen LogP contribution < -0.4 is 0 Å². The molecule has 0 radical (unpaired) electrons. The number of hydrogen-bond donors (Lipinski definition) is 0. The molecule has 0 N–H and O–H groups in total. The van der Waals surface area contributed by atoms with Gasteiger partial charge in [0.2, 0.25) is 0 Å². The maximum absolute atomic E-state index is 14.0. The van der Waals surface area contributed by atoms with E-state index in [1.807, 2.05) is 6.92 Å². The number of unbranched alkanes of at least 4 members (excludes halogenated alkanes) is 7. The predicted octanol–water partition coefficient (Wildman–Crippen LogP) is 7.70. The van der Waals surface area contributed by atoms with Gasteiger partial charge in [0.25, 0.3) is 0 Å². The van der Waals surface area contributed by atoms with Crippen molar-refractivity contribution in [3.63, 3.8) is 0 Å². The van der Waals surface area contributed by atoms with Crippen LogP contribution in [0.1, 0.15) is 100 Å². The summed E-state index contributed by atoms with van der Waals surface area (Å²) in [5, 5.41) is 0. The fourth-order valence-electron chi connectivity index (χ4n) is 3.21. The van der Waals surface area contributed by atoms with E-state index in [1.54, 1.807) is 0 Å². The lowest BCUT2D eigenvalue weighted by Gasteiger charge is -2.20. The third-order valence-corrected chi connectivity index (χ3v) is 4.81. The van der Waals surface area contributed by atoms with Crippen LogP contribution in [0.25, 0.3) is 0 Å². The summed E-state index contributed by atoms with van der Waals surface area (Å²) in [6.45, 7) is 4.19. The average Bonchev–Trinajstić information content (AvgIpc) is 2.63. The topological polar surface area (TPSA) is 26.3 Å². The van der Waals surface area contributed by atoms with Gasteiger partial charge in [-0.25, -0.2) is 9.18 Å². The Morgan fingerprint density at radius 1 is 0.929 bits per heavy atom. The van der Waals surface area contributed by atoms with Gasteiger partial charge in [0.05, 0.1) is 5.56 Å². The van der Waals surface area contributed by atoms with E-state index >= 15 is 0 Å². The van der Waals surface area contributed by atoms with E-state index in [0.29, 0.717) is 18.9 Å². The van der Waals surface area contributed by atoms with Gasteiger partial charge in [-0.2, -0.15) is 13.2 Å². The van der Waals surface area contributed by atoms with E-state index < -0.39 is 35.2 Å². The number of rotatable bonds is 13. The number of alkyl halides is 3. The van der Waals surface area contributed by atoms with Crippen molar-refractivity contribution in [1.29, 1.82) is 0 Å². The molecule has 0 saturated carbocycles. The molecule has 0 amide bonds. The number of esters is 1. The Bertz CT molecular complexity index is 584. The summed E-state index contributed by atoms with van der Waals surface area (Å²) < 4.78 is 58.8. The smallest absolute Gasteiger partial charge is 0.417 e. The largest absolute Gasteiger partial charge is 0.459 e. The highest BCUT2D eigenvalue weighted by Crippen LogP contribution is 2.33. The van der Waals surface area contributed by atoms with Crippen LogP contribution in [0.2, 0.25) is 0 Å². The molecule has 0 spiro atoms. The molecule has 1 atom stereocenters. The Hall–Kier alpha value is -1.59. The van der Waals surface area contributed by atoms with Gasteiger partial charge in [-0.1, -0.05) is 64.9 Å². The lowest BCUT2D eigenvalue weighted by atomic mass is 10.0. The van der Waals surface area contributed by atoms with E-state index in [4.69, 9.17) is 4.74 Å². The van der Waals surface area contributed by atoms with Gasteiger partial charge in [0.1, 0.15) is 17.5 Å². The van der Waals surface area contributed by atoms with Crippen LogP contribution in [0.5, 0.6) is 0 Å². The minimum Gasteiger partial charge on any atom is -0.459 e. The fraction of sp³-hybridized carbons (Fsp3) is 0.682. The first kappa shape index (κ1) is 24.4. The second-order valence-corrected chi connectivity index (χ2v) is 7.24. The molecule has 0 aliphatic carbocycles. The average molecular weight is 404 g/mol. The lowest BCUT2D eigenvalue weighted by molar-refractivity contribution is -0.138. The third kappa shape index (κ3) is 8.61. The van der Waals surface area contributed by atoms with E-state index in [9.17, 15) is 22.4 Å². The molecule has 1 aromatic carbocycles. The maximum Gasteiger partial charge on any atom is 0.417 e. The first-order valence-electron chi connectivity index (χ1n) is 10.4. The molecule has 0 aromatic heterocycles. The highest BCUT2D eigenvalue weighted by molar-refractivity contribution is 5.91. The summed E-state index contributed by atoms with van der Waals surface area (Å²) in [4.78, 5) is 12.4. The van der Waals surface area contributed by atoms with Crippen LogP contribution in [-0.4, -0.2) is 12.1 Å². The van der Waals surface area contributed by atoms with Gasteiger partial charge in [-0.3, -0.25) is 0 Å². The van der Waals surface area contributed by atoms with Gasteiger partial charge in [0.15, 0.2) is 0 Å². The second-order valence-electron chi connectivity index (χ2n) is 7.24. The number of hydrogen-bond acceptors (Lipinski definition) is 2. The highest BCUT2D eigenvalue weighted by Gasteiger charge is 2.37. The molecule has 28 heavy (non-hydrogen) atoms. The number of ether oxygens (including phenoxy) is 1. The van der Waals surface area contributed by atoms with Crippen molar-refractivity contribution in [2.45, 2.75) is 96.8 Å². The molecule has 0 fully saturated rings. The first-order valence-corrected chi connectivity index (χ1v) is 10.4. The van der Waals surface area contributed by atoms with Crippen molar-refractivity contribution in [3.8, 4) is 0 Å². The Morgan fingerprint density at radius 2 is 1.46 bits per heavy atom. The monoisotopic (exact) mass is 404 g/mol. The van der Waals surface area contributed by atoms with Crippen molar-refractivity contribution in [1.82, 2.24) is 0 Å². The van der Waals surface area contributed by atoms with E-state index in [-0.39, 0.29) is 0 Å². The Labute approximate surface area is 165 Å². The normalized spacial score (nSPS) is 12.8. The maximum atomic E-state index is 14.0. The summed E-state index contributed by atoms with van der Waals surface area (Å²) in [6.07, 6.45) is 5.09. The van der Waals surface area contributed by atoms with Gasteiger partial charge < -0.3 is 4.74 Å². The molecule has 1 aromatic rings. The molecule has 0 bridgehead atoms. The Morgan fingerprint density at radius 3 is 2.07 bits per heavy atom. The molecule has 0 aliphatic rings. The fourth-order valence-corrected chi connectivity index (χ4v) is 3.21. The van der Waals surface area contributed by atoms with Crippen LogP contribution in [0.15, 0.2) is 18.2 Å². The predicted molar refractivity (Wildman–Crippen MR) is 103 cm³/mol. The van der Waals surface area contributed by atoms with Crippen LogP contribution >= 0.6 is 0 Å². The quantitative estimate of drug-likeness (QED) is 0.191. The SMILES string of the molecule is CCCCCCCCC(CCCCC)OC(=O)c1c(F)cccc1C(F)(F)F. The second kappa shape index (κ2) is 12.8. The zero-order chi connectivity index (χ0) is 21.0. The van der Waals surface area contributed by atoms with E-state index in [2.05, 4.69) is 6.92 Å². The lowest BCUT2D eigenvalue weighted by Crippen LogP contribution is -2.22. The van der Waals surface area contributed by atoms with Gasteiger partial charge in [-0.15, -0.1) is 0 Å². The van der Waals surface area contributed by atoms with Gasteiger partial charge in [0, 0.05) is 0 Å². The summed E-state index contributed by atoms with van der Waals surface area (Å²) >= 11 is 0. The van der Waals surface area contributed by atoms with Crippen molar-refractivity contribution in [3.05, 3.63) is 35.1 Å². The van der Waals surface area contributed by atoms with Crippen molar-refractivity contribution in [2.24, 2.45) is 0 Å². The van der Waals surface area contributed by atoms with Crippen LogP contribution in [0.4, 0.5) is 17.6 Å². The molecule has 1 rings (SSSR count). The molecule has 160 valence electrons. The number of benzene rings is 1. The zero-order valence-corrected chi connectivity index (χ0v) is 16.9. The molecule has 0 heterocycles. The highest BCUT2D eigenvalue weighted by atomic mass is 19.4. The summed E-state index contributed by atoms with van der Waals surface area (Å²) in [5.74, 6) is -2.43. The minimum atomic E-state index is -4.81. The minimum absolute atomic E-state index is 0.481. The molecular formula is C22H32F4O2. The van der Waals surface area contributed by atoms with Crippen molar-refractivity contribution < 1.29 is 27.1 Å². The summed E-state index contributed by atoms with van der Waals surface area (Å²) in [7, 11) is 0. The zero-order valence-electron chi connectivity index (χ0n) is 16.9. The van der Waals surface area contributed by atoms with E-state index in [1.165, 1.54) is 6.42 Å². The first-order chi connectivity index (χ1) is 13.3. The third-order valence-electron chi connectivity index (χ3n) is 4.81. The molecule has 0 aliphatic heterocycles. The van der Waals surface area contributed by atoms with E-state index in [0.717, 1.165) is 63.5 Å².